The van der Waals surface area contributed by atoms with Crippen molar-refractivity contribution < 1.29 is 23.3 Å². The third kappa shape index (κ3) is 8.93. The van der Waals surface area contributed by atoms with Crippen LogP contribution in [0.4, 0.5) is 0 Å². The second-order valence-electron chi connectivity index (χ2n) is 1.25. The van der Waals surface area contributed by atoms with Gasteiger partial charge < -0.3 is 23.3 Å². The van der Waals surface area contributed by atoms with Crippen molar-refractivity contribution in [3.8, 4) is 0 Å². The second-order valence-corrected chi connectivity index (χ2v) is 7.86. The first kappa shape index (κ1) is 9.93. The van der Waals surface area contributed by atoms with E-state index in [-0.39, 0.29) is 0 Å². The molecule has 0 bridgehead atoms. The summed E-state index contributed by atoms with van der Waals surface area (Å²) in [5.41, 5.74) is 0. The molecule has 0 saturated heterocycles. The van der Waals surface area contributed by atoms with Gasteiger partial charge in [0.1, 0.15) is 0 Å². The Kier molecular flexibility index (Phi) is 3.20. The smallest absolute Gasteiger partial charge is 0.382 e. The topological polar surface area (TPSA) is 90.2 Å². The molecule has 0 rings (SSSR count). The van der Waals surface area contributed by atoms with E-state index in [1.54, 1.807) is 0 Å². The summed E-state index contributed by atoms with van der Waals surface area (Å²) in [6, 6.07) is 0. The van der Waals surface area contributed by atoms with E-state index in [0.29, 0.717) is 0 Å². The van der Waals surface area contributed by atoms with Crippen LogP contribution in [0.25, 0.3) is 0 Å². The standard InChI is InChI=1S/H6O5S2Si2/c1-8(2,6)5-9(3,4)7/h1-4,6-7H. The van der Waals surface area contributed by atoms with Crippen LogP contribution in [0.5, 0.6) is 0 Å². The van der Waals surface area contributed by atoms with Crippen molar-refractivity contribution in [2.75, 3.05) is 0 Å². The highest BCUT2D eigenvalue weighted by Crippen LogP contribution is 2.09. The molecule has 0 saturated carbocycles. The summed E-state index contributed by atoms with van der Waals surface area (Å²) in [6.07, 6.45) is 0. The fraction of sp³-hybridized carbons (Fsp3) is 0. The monoisotopic (exact) mass is 206 g/mol. The zero-order chi connectivity index (χ0) is 7.71. The van der Waals surface area contributed by atoms with Crippen LogP contribution in [0, 0.1) is 0 Å². The van der Waals surface area contributed by atoms with Crippen LogP contribution in [-0.2, 0) is 4.12 Å². The fourth-order valence-electron chi connectivity index (χ4n) is 0.184. The Morgan fingerprint density at radius 3 is 1.11 bits per heavy atom. The molecule has 0 aliphatic carbocycles. The lowest BCUT2D eigenvalue weighted by atomic mass is 15.7. The minimum Gasteiger partial charge on any atom is -0.382 e. The summed E-state index contributed by atoms with van der Waals surface area (Å²) in [7, 11) is -8.23. The Labute approximate surface area is 63.8 Å². The Hall–Kier alpha value is 0.934. The molecule has 0 unspecified atom stereocenters. The lowest BCUT2D eigenvalue weighted by Gasteiger charge is -2.16. The SMILES string of the molecule is O[Si](O)(S)O[Si](O)(O)S. The maximum absolute atomic E-state index is 8.36. The van der Waals surface area contributed by atoms with Crippen LogP contribution in [0.3, 0.4) is 0 Å². The predicted molar refractivity (Wildman–Crippen MR) is 39.4 cm³/mol. The molecule has 9 heavy (non-hydrogen) atoms. The van der Waals surface area contributed by atoms with Crippen LogP contribution in [0.2, 0.25) is 0 Å². The van der Waals surface area contributed by atoms with Gasteiger partial charge in [0.15, 0.2) is 0 Å². The summed E-state index contributed by atoms with van der Waals surface area (Å²) in [4.78, 5) is 33.4. The van der Waals surface area contributed by atoms with E-state index in [2.05, 4.69) is 28.3 Å². The molecule has 0 radical (unpaired) electrons. The van der Waals surface area contributed by atoms with E-state index >= 15 is 0 Å². The first-order valence-corrected chi connectivity index (χ1v) is 7.93. The molecule has 9 heteroatoms. The van der Waals surface area contributed by atoms with Crippen LogP contribution in [-0.4, -0.2) is 35.1 Å². The van der Waals surface area contributed by atoms with Gasteiger partial charge in [0.05, 0.1) is 0 Å². The molecular formula is H6O5S2Si2. The molecule has 0 aromatic rings. The minimum atomic E-state index is -4.11. The third-order valence-corrected chi connectivity index (χ3v) is 4.11. The molecule has 0 fully saturated rings. The summed E-state index contributed by atoms with van der Waals surface area (Å²) in [5.74, 6) is 0. The average Bonchev–Trinajstić information content (AvgIpc) is 1.14. The molecule has 0 amide bonds. The number of hydrogen-bond acceptors (Lipinski definition) is 7. The third-order valence-electron chi connectivity index (χ3n) is 0.274. The van der Waals surface area contributed by atoms with Gasteiger partial charge in [-0.2, -0.15) is 0 Å². The van der Waals surface area contributed by atoms with Crippen LogP contribution in [0.15, 0.2) is 0 Å². The van der Waals surface area contributed by atoms with Gasteiger partial charge in [0.25, 0.3) is 0 Å². The predicted octanol–water partition coefficient (Wildman–Crippen LogP) is -2.30. The van der Waals surface area contributed by atoms with Gasteiger partial charge in [-0.15, -0.1) is 24.2 Å². The van der Waals surface area contributed by atoms with Crippen molar-refractivity contribution in [2.24, 2.45) is 0 Å². The van der Waals surface area contributed by atoms with Gasteiger partial charge in [-0.1, -0.05) is 0 Å². The lowest BCUT2D eigenvalue weighted by Crippen LogP contribution is -2.46. The fourth-order valence-corrected chi connectivity index (χ4v) is 4.59. The van der Waals surface area contributed by atoms with Gasteiger partial charge in [0, 0.05) is 0 Å². The number of thiol groups is 2. The highest BCUT2D eigenvalue weighted by molar-refractivity contribution is 8.14. The molecular weight excluding hydrogens is 200 g/mol. The van der Waals surface area contributed by atoms with E-state index in [1.165, 1.54) is 0 Å². The van der Waals surface area contributed by atoms with Gasteiger partial charge >= 0.3 is 15.9 Å². The molecule has 0 spiro atoms. The average molecular weight is 206 g/mol. The first-order chi connectivity index (χ1) is 3.71. The molecule has 0 aliphatic rings. The van der Waals surface area contributed by atoms with E-state index in [9.17, 15) is 0 Å². The van der Waals surface area contributed by atoms with Gasteiger partial charge in [0.2, 0.25) is 0 Å². The van der Waals surface area contributed by atoms with E-state index in [0.717, 1.165) is 0 Å². The minimum absolute atomic E-state index is 3.14. The Bertz CT molecular complexity index is 78.1. The molecule has 0 aliphatic heterocycles. The highest BCUT2D eigenvalue weighted by Gasteiger charge is 2.40. The van der Waals surface area contributed by atoms with Gasteiger partial charge in [-0.25, -0.2) is 0 Å². The molecule has 0 aromatic heterocycles. The van der Waals surface area contributed by atoms with E-state index < -0.39 is 15.9 Å². The van der Waals surface area contributed by atoms with E-state index in [4.69, 9.17) is 19.2 Å². The molecule has 56 valence electrons. The number of rotatable bonds is 2. The molecule has 5 nitrogen and oxygen atoms in total. The number of hydrogen-bond donors (Lipinski definition) is 6. The summed E-state index contributed by atoms with van der Waals surface area (Å²) in [6.45, 7) is 0. The van der Waals surface area contributed by atoms with Crippen molar-refractivity contribution in [2.45, 2.75) is 0 Å². The van der Waals surface area contributed by atoms with Crippen molar-refractivity contribution in [3.05, 3.63) is 0 Å². The van der Waals surface area contributed by atoms with Crippen LogP contribution in [0.1, 0.15) is 0 Å². The van der Waals surface area contributed by atoms with Crippen LogP contribution >= 0.6 is 24.2 Å². The molecule has 4 N–H and O–H groups in total. The zero-order valence-corrected chi connectivity index (χ0v) is 7.88. The quantitative estimate of drug-likeness (QED) is 0.226. The zero-order valence-electron chi connectivity index (χ0n) is 4.09. The Balaban J connectivity index is 3.75. The van der Waals surface area contributed by atoms with Gasteiger partial charge in [-0.05, 0) is 0 Å². The molecule has 0 atom stereocenters. The van der Waals surface area contributed by atoms with Crippen molar-refractivity contribution >= 4 is 40.1 Å². The van der Waals surface area contributed by atoms with Crippen LogP contribution < -0.4 is 0 Å². The normalized spacial score (nSPS) is 14.0. The Morgan fingerprint density at radius 1 is 0.889 bits per heavy atom. The summed E-state index contributed by atoms with van der Waals surface area (Å²) >= 11 is 6.28. The van der Waals surface area contributed by atoms with Crippen molar-refractivity contribution in [3.63, 3.8) is 0 Å². The first-order valence-electron chi connectivity index (χ1n) is 1.75. The van der Waals surface area contributed by atoms with E-state index in [1.807, 2.05) is 0 Å². The largest absolute Gasteiger partial charge is 0.557 e. The lowest BCUT2D eigenvalue weighted by molar-refractivity contribution is 0.198. The molecule has 0 heterocycles. The maximum atomic E-state index is 8.36. The van der Waals surface area contributed by atoms with Crippen molar-refractivity contribution in [1.82, 2.24) is 0 Å². The second kappa shape index (κ2) is 2.90. The maximum Gasteiger partial charge on any atom is 0.557 e. The summed E-state index contributed by atoms with van der Waals surface area (Å²) in [5, 5.41) is 0. The Morgan fingerprint density at radius 2 is 1.11 bits per heavy atom. The summed E-state index contributed by atoms with van der Waals surface area (Å²) < 4.78 is 3.85. The van der Waals surface area contributed by atoms with Crippen molar-refractivity contribution in [1.29, 1.82) is 0 Å². The molecule has 0 aromatic carbocycles. The highest BCUT2D eigenvalue weighted by atomic mass is 32.3. The van der Waals surface area contributed by atoms with Gasteiger partial charge in [-0.3, -0.25) is 0 Å².